The molecule has 156 valence electrons. The third kappa shape index (κ3) is 4.34. The number of benzene rings is 3. The lowest BCUT2D eigenvalue weighted by Gasteiger charge is -2.16. The molecule has 3 aromatic carbocycles. The first kappa shape index (κ1) is 20.8. The highest BCUT2D eigenvalue weighted by Crippen LogP contribution is 2.32. The second-order valence-corrected chi connectivity index (χ2v) is 8.35. The molecule has 1 N–H and O–H groups in total. The van der Waals surface area contributed by atoms with Crippen molar-refractivity contribution in [1.29, 1.82) is 0 Å². The fourth-order valence-corrected chi connectivity index (χ4v) is 4.24. The molecule has 0 saturated heterocycles. The van der Waals surface area contributed by atoms with E-state index >= 15 is 0 Å². The molecule has 0 saturated carbocycles. The van der Waals surface area contributed by atoms with Crippen LogP contribution in [0.25, 0.3) is 20.8 Å². The van der Waals surface area contributed by atoms with Gasteiger partial charge in [-0.25, -0.2) is 9.78 Å². The maximum absolute atomic E-state index is 12.9. The van der Waals surface area contributed by atoms with Gasteiger partial charge in [-0.1, -0.05) is 42.5 Å². The number of esters is 1. The fourth-order valence-electron chi connectivity index (χ4n) is 3.23. The van der Waals surface area contributed by atoms with Crippen molar-refractivity contribution < 1.29 is 14.3 Å². The molecule has 0 bridgehead atoms. The van der Waals surface area contributed by atoms with Gasteiger partial charge in [-0.3, -0.25) is 4.79 Å². The van der Waals surface area contributed by atoms with Gasteiger partial charge in [0.1, 0.15) is 5.01 Å². The molecular weight excluding hydrogens is 408 g/mol. The third-order valence-corrected chi connectivity index (χ3v) is 6.26. The van der Waals surface area contributed by atoms with E-state index in [2.05, 4.69) is 10.3 Å². The van der Waals surface area contributed by atoms with Crippen LogP contribution in [0.4, 0.5) is 5.69 Å². The van der Waals surface area contributed by atoms with Crippen LogP contribution in [0.3, 0.4) is 0 Å². The van der Waals surface area contributed by atoms with E-state index in [0.717, 1.165) is 26.4 Å². The van der Waals surface area contributed by atoms with Crippen LogP contribution in [-0.2, 0) is 9.53 Å². The number of fused-ring (bicyclic) bond motifs is 1. The minimum Gasteiger partial charge on any atom is -0.449 e. The predicted molar refractivity (Wildman–Crippen MR) is 124 cm³/mol. The molecule has 31 heavy (non-hydrogen) atoms. The van der Waals surface area contributed by atoms with Gasteiger partial charge in [-0.2, -0.15) is 0 Å². The molecule has 6 heteroatoms. The van der Waals surface area contributed by atoms with Crippen molar-refractivity contribution in [3.63, 3.8) is 0 Å². The van der Waals surface area contributed by atoms with Crippen molar-refractivity contribution in [2.75, 3.05) is 5.32 Å². The number of hydrogen-bond donors (Lipinski definition) is 1. The Bertz CT molecular complexity index is 1250. The Morgan fingerprint density at radius 3 is 2.52 bits per heavy atom. The number of anilines is 1. The van der Waals surface area contributed by atoms with Gasteiger partial charge in [0.2, 0.25) is 0 Å². The van der Waals surface area contributed by atoms with Crippen molar-refractivity contribution in [1.82, 2.24) is 4.98 Å². The Morgan fingerprint density at radius 1 is 0.968 bits per heavy atom. The van der Waals surface area contributed by atoms with Crippen LogP contribution in [0.2, 0.25) is 0 Å². The van der Waals surface area contributed by atoms with Crippen molar-refractivity contribution in [2.45, 2.75) is 26.9 Å². The van der Waals surface area contributed by atoms with Crippen LogP contribution in [-0.4, -0.2) is 23.0 Å². The molecule has 4 aromatic rings. The molecule has 0 fully saturated rings. The summed E-state index contributed by atoms with van der Waals surface area (Å²) in [6.07, 6.45) is -0.948. The maximum atomic E-state index is 12.9. The molecule has 5 nitrogen and oxygen atoms in total. The number of rotatable bonds is 5. The monoisotopic (exact) mass is 430 g/mol. The molecule has 0 aliphatic heterocycles. The number of ether oxygens (including phenoxy) is 1. The summed E-state index contributed by atoms with van der Waals surface area (Å²) in [5.74, 6) is -0.932. The van der Waals surface area contributed by atoms with Gasteiger partial charge in [0.25, 0.3) is 5.91 Å². The molecule has 1 atom stereocenters. The van der Waals surface area contributed by atoms with Gasteiger partial charge >= 0.3 is 5.97 Å². The van der Waals surface area contributed by atoms with Crippen molar-refractivity contribution >= 4 is 39.1 Å². The van der Waals surface area contributed by atoms with Gasteiger partial charge in [-0.15, -0.1) is 11.3 Å². The van der Waals surface area contributed by atoms with E-state index in [0.29, 0.717) is 16.8 Å². The van der Waals surface area contributed by atoms with Gasteiger partial charge in [0, 0.05) is 11.3 Å². The lowest BCUT2D eigenvalue weighted by atomic mass is 10.1. The van der Waals surface area contributed by atoms with E-state index in [1.165, 1.54) is 11.3 Å². The average molecular weight is 431 g/mol. The van der Waals surface area contributed by atoms with E-state index in [4.69, 9.17) is 4.74 Å². The minimum absolute atomic E-state index is 0.375. The van der Waals surface area contributed by atoms with Crippen molar-refractivity contribution in [2.24, 2.45) is 0 Å². The van der Waals surface area contributed by atoms with Gasteiger partial charge < -0.3 is 10.1 Å². The zero-order chi connectivity index (χ0) is 22.0. The molecule has 1 unspecified atom stereocenters. The van der Waals surface area contributed by atoms with Crippen LogP contribution in [0.15, 0.2) is 66.7 Å². The number of carbonyl (C=O) groups is 2. The SMILES string of the molecule is Cc1cccc(NC(=O)C(C)OC(=O)c2ccccc2-c2nc3ccccc3s2)c1C. The standard InChI is InChI=1S/C25H22N2O3S/c1-15-9-8-13-20(16(15)2)26-23(28)17(3)30-25(29)19-11-5-4-10-18(19)24-27-21-12-6-7-14-22(21)31-24/h4-14,17H,1-3H3,(H,26,28). The molecule has 4 rings (SSSR count). The molecule has 0 spiro atoms. The first-order valence-electron chi connectivity index (χ1n) is 9.97. The Labute approximate surface area is 184 Å². The van der Waals surface area contributed by atoms with Crippen molar-refractivity contribution in [3.8, 4) is 10.6 Å². The van der Waals surface area contributed by atoms with Gasteiger partial charge in [0.05, 0.1) is 15.8 Å². The fraction of sp³-hybridized carbons (Fsp3) is 0.160. The normalized spacial score (nSPS) is 11.8. The van der Waals surface area contributed by atoms with E-state index in [-0.39, 0.29) is 5.91 Å². The molecule has 1 amide bonds. The minimum atomic E-state index is -0.948. The van der Waals surface area contributed by atoms with E-state index < -0.39 is 12.1 Å². The predicted octanol–water partition coefficient (Wildman–Crippen LogP) is 5.76. The number of para-hydroxylation sites is 1. The maximum Gasteiger partial charge on any atom is 0.339 e. The quantitative estimate of drug-likeness (QED) is 0.409. The first-order valence-corrected chi connectivity index (χ1v) is 10.8. The number of nitrogens with one attached hydrogen (secondary N) is 1. The van der Waals surface area contributed by atoms with E-state index in [9.17, 15) is 9.59 Å². The van der Waals surface area contributed by atoms with Gasteiger partial charge in [-0.05, 0) is 56.2 Å². The average Bonchev–Trinajstić information content (AvgIpc) is 3.21. The van der Waals surface area contributed by atoms with Crippen molar-refractivity contribution in [3.05, 3.63) is 83.4 Å². The third-order valence-electron chi connectivity index (χ3n) is 5.19. The number of aromatic nitrogens is 1. The molecular formula is C25H22N2O3S. The summed E-state index contributed by atoms with van der Waals surface area (Å²) in [7, 11) is 0. The highest BCUT2D eigenvalue weighted by atomic mass is 32.1. The summed E-state index contributed by atoms with van der Waals surface area (Å²) >= 11 is 1.51. The number of amides is 1. The smallest absolute Gasteiger partial charge is 0.339 e. The number of thiazole rings is 1. The summed E-state index contributed by atoms with van der Waals surface area (Å²) in [6.45, 7) is 5.49. The largest absolute Gasteiger partial charge is 0.449 e. The van der Waals surface area contributed by atoms with Crippen LogP contribution in [0, 0.1) is 13.8 Å². The topological polar surface area (TPSA) is 68.3 Å². The van der Waals surface area contributed by atoms with Crippen LogP contribution in [0.1, 0.15) is 28.4 Å². The summed E-state index contributed by atoms with van der Waals surface area (Å²) in [5.41, 5.74) is 4.72. The second-order valence-electron chi connectivity index (χ2n) is 7.32. The highest BCUT2D eigenvalue weighted by molar-refractivity contribution is 7.21. The number of aryl methyl sites for hydroxylation is 1. The van der Waals surface area contributed by atoms with Gasteiger partial charge in [0.15, 0.2) is 6.10 Å². The molecule has 1 aromatic heterocycles. The lowest BCUT2D eigenvalue weighted by Crippen LogP contribution is -2.30. The van der Waals surface area contributed by atoms with E-state index in [1.54, 1.807) is 19.1 Å². The Hall–Kier alpha value is -3.51. The summed E-state index contributed by atoms with van der Waals surface area (Å²) in [5, 5.41) is 3.58. The summed E-state index contributed by atoms with van der Waals surface area (Å²) in [4.78, 5) is 30.2. The zero-order valence-corrected chi connectivity index (χ0v) is 18.3. The Balaban J connectivity index is 1.53. The number of carbonyl (C=O) groups excluding carboxylic acids is 2. The summed E-state index contributed by atoms with van der Waals surface area (Å²) in [6, 6.07) is 20.7. The lowest BCUT2D eigenvalue weighted by molar-refractivity contribution is -0.123. The van der Waals surface area contributed by atoms with Crippen LogP contribution < -0.4 is 5.32 Å². The Morgan fingerprint density at radius 2 is 1.71 bits per heavy atom. The zero-order valence-electron chi connectivity index (χ0n) is 17.5. The highest BCUT2D eigenvalue weighted by Gasteiger charge is 2.22. The number of hydrogen-bond acceptors (Lipinski definition) is 5. The summed E-state index contributed by atoms with van der Waals surface area (Å²) < 4.78 is 6.55. The van der Waals surface area contributed by atoms with E-state index in [1.807, 2.05) is 68.4 Å². The van der Waals surface area contributed by atoms with Crippen LogP contribution in [0.5, 0.6) is 0 Å². The Kier molecular flexibility index (Phi) is 5.82. The molecule has 0 radical (unpaired) electrons. The second kappa shape index (κ2) is 8.70. The number of nitrogens with zero attached hydrogens (tertiary/aromatic N) is 1. The van der Waals surface area contributed by atoms with Crippen LogP contribution >= 0.6 is 11.3 Å². The molecule has 1 heterocycles. The molecule has 0 aliphatic carbocycles. The molecule has 0 aliphatic rings. The first-order chi connectivity index (χ1) is 14.9.